The predicted molar refractivity (Wildman–Crippen MR) is 154 cm³/mol. The zero-order valence-electron chi connectivity index (χ0n) is 23.0. The molecule has 0 radical (unpaired) electrons. The van der Waals surface area contributed by atoms with Gasteiger partial charge in [0.1, 0.15) is 6.10 Å². The van der Waals surface area contributed by atoms with Crippen molar-refractivity contribution in [2.45, 2.75) is 63.0 Å². The van der Waals surface area contributed by atoms with Gasteiger partial charge in [-0.25, -0.2) is 8.42 Å². The van der Waals surface area contributed by atoms with Crippen LogP contribution >= 0.6 is 11.6 Å². The Kier molecular flexibility index (Phi) is 9.80. The Bertz CT molecular complexity index is 1230. The maximum Gasteiger partial charge on any atom is 0.262 e. The van der Waals surface area contributed by atoms with Crippen LogP contribution in [-0.2, 0) is 10.0 Å². The molecule has 1 amide bonds. The van der Waals surface area contributed by atoms with Gasteiger partial charge >= 0.3 is 0 Å². The maximum absolute atomic E-state index is 13.7. The van der Waals surface area contributed by atoms with Crippen molar-refractivity contribution in [3.8, 4) is 5.75 Å². The molecule has 0 bridgehead atoms. The van der Waals surface area contributed by atoms with E-state index in [0.29, 0.717) is 24.0 Å². The number of hydrogen-bond acceptors (Lipinski definition) is 6. The lowest BCUT2D eigenvalue weighted by Crippen LogP contribution is -2.50. The van der Waals surface area contributed by atoms with E-state index < -0.39 is 16.1 Å². The highest BCUT2D eigenvalue weighted by Crippen LogP contribution is 2.36. The van der Waals surface area contributed by atoms with Crippen molar-refractivity contribution in [2.24, 2.45) is 11.8 Å². The first-order chi connectivity index (χ1) is 18.6. The molecule has 4 rings (SSSR count). The van der Waals surface area contributed by atoms with Crippen LogP contribution in [0, 0.1) is 11.8 Å². The fourth-order valence-corrected chi connectivity index (χ4v) is 6.74. The second-order valence-electron chi connectivity index (χ2n) is 11.1. The molecule has 1 aliphatic carbocycles. The van der Waals surface area contributed by atoms with Crippen molar-refractivity contribution >= 4 is 33.2 Å². The molecular formula is C29H40ClN3O5S. The Labute approximate surface area is 237 Å². The zero-order valence-corrected chi connectivity index (χ0v) is 24.5. The van der Waals surface area contributed by atoms with Crippen LogP contribution in [0.25, 0.3) is 0 Å². The first-order valence-corrected chi connectivity index (χ1v) is 15.6. The molecule has 2 aliphatic rings. The monoisotopic (exact) mass is 577 g/mol. The summed E-state index contributed by atoms with van der Waals surface area (Å²) in [6.07, 6.45) is 6.02. The van der Waals surface area contributed by atoms with Gasteiger partial charge in [0, 0.05) is 30.6 Å². The van der Waals surface area contributed by atoms with Crippen molar-refractivity contribution in [2.75, 3.05) is 38.0 Å². The lowest BCUT2D eigenvalue weighted by Gasteiger charge is -2.39. The molecule has 10 heteroatoms. The molecule has 1 saturated carbocycles. The number of carbonyl (C=O) groups excluding carboxylic acids is 1. The molecule has 1 fully saturated rings. The van der Waals surface area contributed by atoms with E-state index in [1.165, 1.54) is 56.4 Å². The third-order valence-electron chi connectivity index (χ3n) is 7.85. The number of aliphatic hydroxyl groups is 1. The van der Waals surface area contributed by atoms with Crippen molar-refractivity contribution < 1.29 is 23.1 Å². The van der Waals surface area contributed by atoms with Gasteiger partial charge in [0.05, 0.1) is 28.8 Å². The van der Waals surface area contributed by atoms with Gasteiger partial charge in [-0.1, -0.05) is 43.9 Å². The van der Waals surface area contributed by atoms with E-state index in [1.807, 2.05) is 13.8 Å². The maximum atomic E-state index is 13.7. The largest absolute Gasteiger partial charge is 0.486 e. The first-order valence-electron chi connectivity index (χ1n) is 13.8. The highest BCUT2D eigenvalue weighted by molar-refractivity contribution is 7.92. The summed E-state index contributed by atoms with van der Waals surface area (Å²) in [4.78, 5) is 17.7. The smallest absolute Gasteiger partial charge is 0.262 e. The van der Waals surface area contributed by atoms with Crippen LogP contribution in [0.4, 0.5) is 5.69 Å². The number of para-hydroxylation sites is 1. The van der Waals surface area contributed by atoms with E-state index in [9.17, 15) is 18.3 Å². The molecule has 3 atom stereocenters. The SMILES string of the molecule is C[C@H](CO)N1C[C@H](C)[C@H](CN(C)CC2CCCCC2)Oc2c(NS(=O)(=O)c3ccc(Cl)cc3)cccc2C1=O. The van der Waals surface area contributed by atoms with E-state index in [4.69, 9.17) is 16.3 Å². The summed E-state index contributed by atoms with van der Waals surface area (Å²) in [5.74, 6) is 0.498. The van der Waals surface area contributed by atoms with Gasteiger partial charge in [-0.05, 0) is 69.1 Å². The van der Waals surface area contributed by atoms with Crippen molar-refractivity contribution in [1.82, 2.24) is 9.80 Å². The molecular weight excluding hydrogens is 538 g/mol. The van der Waals surface area contributed by atoms with Crippen LogP contribution in [0.5, 0.6) is 5.75 Å². The highest BCUT2D eigenvalue weighted by Gasteiger charge is 2.35. The fourth-order valence-electron chi connectivity index (χ4n) is 5.55. The summed E-state index contributed by atoms with van der Waals surface area (Å²) in [5.41, 5.74) is 0.458. The summed E-state index contributed by atoms with van der Waals surface area (Å²) in [6, 6.07) is 10.4. The number of amides is 1. The minimum absolute atomic E-state index is 0.0503. The summed E-state index contributed by atoms with van der Waals surface area (Å²) in [6.45, 7) is 5.69. The van der Waals surface area contributed by atoms with Gasteiger partial charge < -0.3 is 19.6 Å². The molecule has 1 aliphatic heterocycles. The number of ether oxygens (including phenoxy) is 1. The number of carbonyl (C=O) groups is 1. The lowest BCUT2D eigenvalue weighted by atomic mass is 9.89. The topological polar surface area (TPSA) is 99.2 Å². The molecule has 0 unspecified atom stereocenters. The standard InChI is InChI=1S/C29H40ClN3O5S/c1-20-16-33(21(2)19-34)29(35)25-10-7-11-26(31-39(36,37)24-14-12-23(30)13-15-24)28(25)38-27(20)18-32(3)17-22-8-5-4-6-9-22/h7,10-15,20-22,27,31,34H,4-6,8-9,16-19H2,1-3H3/t20-,21+,27-/m0/s1. The average Bonchev–Trinajstić information content (AvgIpc) is 2.91. The molecule has 214 valence electrons. The van der Waals surface area contributed by atoms with Crippen LogP contribution in [0.2, 0.25) is 5.02 Å². The van der Waals surface area contributed by atoms with Crippen LogP contribution in [-0.4, -0.2) is 74.7 Å². The number of rotatable bonds is 9. The quantitative estimate of drug-likeness (QED) is 0.441. The van der Waals surface area contributed by atoms with E-state index in [-0.39, 0.29) is 46.4 Å². The van der Waals surface area contributed by atoms with Gasteiger partial charge in [0.15, 0.2) is 5.75 Å². The van der Waals surface area contributed by atoms with Gasteiger partial charge in [0.2, 0.25) is 0 Å². The van der Waals surface area contributed by atoms with Crippen LogP contribution in [0.3, 0.4) is 0 Å². The number of hydrogen-bond donors (Lipinski definition) is 2. The summed E-state index contributed by atoms with van der Waals surface area (Å²) >= 11 is 5.95. The lowest BCUT2D eigenvalue weighted by molar-refractivity contribution is 0.0333. The molecule has 2 aromatic rings. The number of nitrogens with zero attached hydrogens (tertiary/aromatic N) is 2. The number of fused-ring (bicyclic) bond motifs is 1. The Morgan fingerprint density at radius 2 is 1.82 bits per heavy atom. The molecule has 0 saturated heterocycles. The number of anilines is 1. The van der Waals surface area contributed by atoms with E-state index in [1.54, 1.807) is 23.1 Å². The number of aliphatic hydroxyl groups excluding tert-OH is 1. The van der Waals surface area contributed by atoms with Crippen molar-refractivity contribution in [3.05, 3.63) is 53.1 Å². The molecule has 0 aromatic heterocycles. The van der Waals surface area contributed by atoms with Crippen molar-refractivity contribution in [1.29, 1.82) is 0 Å². The molecule has 2 aromatic carbocycles. The number of likely N-dealkylation sites (N-methyl/N-ethyl adjacent to an activating group) is 1. The third kappa shape index (κ3) is 7.25. The second kappa shape index (κ2) is 12.9. The Morgan fingerprint density at radius 3 is 2.49 bits per heavy atom. The van der Waals surface area contributed by atoms with Crippen LogP contribution < -0.4 is 9.46 Å². The van der Waals surface area contributed by atoms with Gasteiger partial charge in [-0.3, -0.25) is 9.52 Å². The zero-order chi connectivity index (χ0) is 28.2. The molecule has 0 spiro atoms. The van der Waals surface area contributed by atoms with E-state index in [0.717, 1.165) is 6.54 Å². The first kappa shape index (κ1) is 29.6. The summed E-state index contributed by atoms with van der Waals surface area (Å²) in [7, 11) is -1.88. The normalized spacial score (nSPS) is 21.6. The van der Waals surface area contributed by atoms with E-state index in [2.05, 4.69) is 16.7 Å². The number of nitrogens with one attached hydrogen (secondary N) is 1. The highest BCUT2D eigenvalue weighted by atomic mass is 35.5. The molecule has 2 N–H and O–H groups in total. The third-order valence-corrected chi connectivity index (χ3v) is 9.48. The van der Waals surface area contributed by atoms with Crippen LogP contribution in [0.1, 0.15) is 56.3 Å². The minimum Gasteiger partial charge on any atom is -0.486 e. The Morgan fingerprint density at radius 1 is 1.13 bits per heavy atom. The number of benzene rings is 2. The van der Waals surface area contributed by atoms with Gasteiger partial charge in [-0.2, -0.15) is 0 Å². The summed E-state index contributed by atoms with van der Waals surface area (Å²) < 4.78 is 35.7. The fraction of sp³-hybridized carbons (Fsp3) is 0.552. The van der Waals surface area contributed by atoms with Crippen molar-refractivity contribution in [3.63, 3.8) is 0 Å². The van der Waals surface area contributed by atoms with Crippen LogP contribution in [0.15, 0.2) is 47.4 Å². The Balaban J connectivity index is 1.68. The minimum atomic E-state index is -3.97. The van der Waals surface area contributed by atoms with Gasteiger partial charge in [-0.15, -0.1) is 0 Å². The van der Waals surface area contributed by atoms with Gasteiger partial charge in [0.25, 0.3) is 15.9 Å². The average molecular weight is 578 g/mol. The Hall–Kier alpha value is -2.33. The molecule has 39 heavy (non-hydrogen) atoms. The molecule has 1 heterocycles. The number of halogens is 1. The molecule has 8 nitrogen and oxygen atoms in total. The van der Waals surface area contributed by atoms with E-state index >= 15 is 0 Å². The summed E-state index contributed by atoms with van der Waals surface area (Å²) in [5, 5.41) is 10.3. The number of sulfonamides is 1. The predicted octanol–water partition coefficient (Wildman–Crippen LogP) is 4.87. The second-order valence-corrected chi connectivity index (χ2v) is 13.2.